The van der Waals surface area contributed by atoms with Crippen LogP contribution < -0.4 is 16.0 Å². The van der Waals surface area contributed by atoms with Gasteiger partial charge in [-0.2, -0.15) is 0 Å². The summed E-state index contributed by atoms with van der Waals surface area (Å²) in [5, 5.41) is 13.5. The van der Waals surface area contributed by atoms with Crippen molar-refractivity contribution in [2.75, 3.05) is 20.3 Å². The smallest absolute Gasteiger partial charge is 0.315 e. The summed E-state index contributed by atoms with van der Waals surface area (Å²) in [5.41, 5.74) is -0.739. The molecule has 1 aromatic carbocycles. The lowest BCUT2D eigenvalue weighted by Gasteiger charge is -2.37. The van der Waals surface area contributed by atoms with E-state index in [9.17, 15) is 24.0 Å². The van der Waals surface area contributed by atoms with Crippen LogP contribution in [0.25, 0.3) is 0 Å². The van der Waals surface area contributed by atoms with Crippen LogP contribution in [0.5, 0.6) is 0 Å². The fraction of sp³-hybridized carbons (Fsp3) is 0.667. The van der Waals surface area contributed by atoms with Gasteiger partial charge in [0, 0.05) is 37.5 Å². The molecule has 2 heterocycles. The van der Waals surface area contributed by atoms with Crippen LogP contribution in [-0.2, 0) is 28.8 Å². The fourth-order valence-corrected chi connectivity index (χ4v) is 6.77. The van der Waals surface area contributed by atoms with Crippen LogP contribution in [0.1, 0.15) is 92.6 Å². The minimum atomic E-state index is -1.06. The van der Waals surface area contributed by atoms with Crippen molar-refractivity contribution in [1.29, 1.82) is 0 Å². The van der Waals surface area contributed by atoms with Crippen molar-refractivity contribution in [3.8, 4) is 0 Å². The maximum Gasteiger partial charge on any atom is 0.315 e. The monoisotopic (exact) mass is 701 g/mol. The highest BCUT2D eigenvalue weighted by Gasteiger charge is 2.56. The molecular formula is C36H52ClN5O7. The van der Waals surface area contributed by atoms with Crippen molar-refractivity contribution in [2.45, 2.75) is 117 Å². The summed E-state index contributed by atoms with van der Waals surface area (Å²) in [6, 6.07) is 3.21. The highest BCUT2D eigenvalue weighted by Crippen LogP contribution is 2.40. The topological polar surface area (TPSA) is 156 Å². The maximum absolute atomic E-state index is 14.6. The number of rotatable bonds is 12. The number of hydrogen-bond donors (Lipinski definition) is 3. The molecule has 0 bridgehead atoms. The normalized spacial score (nSPS) is 22.8. The molecule has 3 N–H and O–H groups in total. The first-order chi connectivity index (χ1) is 22.8. The summed E-state index contributed by atoms with van der Waals surface area (Å²) in [5.74, 6) is -2.11. The van der Waals surface area contributed by atoms with Gasteiger partial charge >= 0.3 is 6.03 Å². The Bertz CT molecular complexity index is 1460. The SMILES string of the molecule is COC[C@@H](NC(=O)N[C@H](C(=O)N1C[C@@]2(CC(c3cccc(Cl)c3)=NO2)C[C@H]1C(=O)NC(CC1CCC1)C(=O)C(C)=O)C(C)(C)C)C(C)(C)C. The molecule has 12 nitrogen and oxygen atoms in total. The lowest BCUT2D eigenvalue weighted by Crippen LogP contribution is -2.61. The first kappa shape index (κ1) is 38.3. The number of carbonyl (C=O) groups excluding carboxylic acids is 5. The number of halogens is 1. The van der Waals surface area contributed by atoms with Crippen LogP contribution >= 0.6 is 11.6 Å². The molecule has 3 aliphatic rings. The molecule has 1 aliphatic carbocycles. The number of nitrogens with one attached hydrogen (secondary N) is 3. The Morgan fingerprint density at radius 2 is 1.76 bits per heavy atom. The van der Waals surface area contributed by atoms with Crippen molar-refractivity contribution >= 4 is 46.7 Å². The van der Waals surface area contributed by atoms with E-state index in [1.165, 1.54) is 11.8 Å². The van der Waals surface area contributed by atoms with Crippen molar-refractivity contribution in [3.63, 3.8) is 0 Å². The standard InChI is InChI=1S/C36H52ClN5O7/c1-21(43)29(44)25(15-22-11-9-12-22)38-31(45)27-18-36(17-26(41-49-36)23-13-10-14-24(37)16-23)20-42(27)32(46)30(35(5,6)7)40-33(47)39-28(19-48-8)34(2,3)4/h10,13-14,16,22,25,27-28,30H,9,11-12,15,17-20H2,1-8H3,(H,38,45)(H2,39,40,47)/t25?,27-,28+,30+,36+/m0/s1. The zero-order valence-electron chi connectivity index (χ0n) is 30.0. The third kappa shape index (κ3) is 9.39. The molecule has 0 radical (unpaired) electrons. The lowest BCUT2D eigenvalue weighted by molar-refractivity contribution is -0.143. The third-order valence-corrected chi connectivity index (χ3v) is 10.1. The van der Waals surface area contributed by atoms with Gasteiger partial charge in [-0.1, -0.05) is 89.7 Å². The lowest BCUT2D eigenvalue weighted by atomic mass is 9.80. The van der Waals surface area contributed by atoms with Crippen LogP contribution in [0.3, 0.4) is 0 Å². The van der Waals surface area contributed by atoms with Crippen LogP contribution in [0.2, 0.25) is 5.02 Å². The number of ether oxygens (including phenoxy) is 1. The molecule has 270 valence electrons. The second-order valence-electron chi connectivity index (χ2n) is 16.0. The minimum Gasteiger partial charge on any atom is -0.387 e. The van der Waals surface area contributed by atoms with E-state index < -0.39 is 58.6 Å². The first-order valence-electron chi connectivity index (χ1n) is 17.1. The number of carbonyl (C=O) groups is 5. The van der Waals surface area contributed by atoms with E-state index in [1.807, 2.05) is 53.7 Å². The number of amides is 4. The molecule has 13 heteroatoms. The summed E-state index contributed by atoms with van der Waals surface area (Å²) < 4.78 is 5.33. The Kier molecular flexibility index (Phi) is 11.9. The number of benzene rings is 1. The Morgan fingerprint density at radius 1 is 1.06 bits per heavy atom. The molecule has 2 fully saturated rings. The largest absolute Gasteiger partial charge is 0.387 e. The van der Waals surface area contributed by atoms with Gasteiger partial charge in [-0.25, -0.2) is 4.79 Å². The zero-order valence-corrected chi connectivity index (χ0v) is 30.7. The fourth-order valence-electron chi connectivity index (χ4n) is 6.58. The van der Waals surface area contributed by atoms with E-state index in [-0.39, 0.29) is 36.9 Å². The summed E-state index contributed by atoms with van der Waals surface area (Å²) in [7, 11) is 1.56. The Hall–Kier alpha value is -3.51. The van der Waals surface area contributed by atoms with Crippen molar-refractivity contribution in [1.82, 2.24) is 20.9 Å². The number of Topliss-reactive ketones (excluding diaryl/α,β-unsaturated/α-hetero) is 2. The van der Waals surface area contributed by atoms with Crippen LogP contribution in [0.4, 0.5) is 4.79 Å². The number of hydrogen-bond acceptors (Lipinski definition) is 8. The average Bonchev–Trinajstić information content (AvgIpc) is 3.58. The van der Waals surface area contributed by atoms with Gasteiger partial charge in [0.15, 0.2) is 11.4 Å². The summed E-state index contributed by atoms with van der Waals surface area (Å²) >= 11 is 6.24. The molecule has 1 aromatic rings. The van der Waals surface area contributed by atoms with Gasteiger partial charge in [0.2, 0.25) is 17.6 Å². The number of ketones is 2. The van der Waals surface area contributed by atoms with Crippen molar-refractivity contribution in [3.05, 3.63) is 34.9 Å². The van der Waals surface area contributed by atoms with E-state index in [0.29, 0.717) is 23.6 Å². The first-order valence-corrected chi connectivity index (χ1v) is 17.4. The van der Waals surface area contributed by atoms with Crippen LogP contribution in [-0.4, -0.2) is 90.1 Å². The van der Waals surface area contributed by atoms with E-state index in [2.05, 4.69) is 21.1 Å². The van der Waals surface area contributed by atoms with Gasteiger partial charge in [-0.05, 0) is 35.3 Å². The highest BCUT2D eigenvalue weighted by molar-refractivity contribution is 6.38. The van der Waals surface area contributed by atoms with Crippen LogP contribution in [0.15, 0.2) is 29.4 Å². The van der Waals surface area contributed by atoms with Gasteiger partial charge in [-0.3, -0.25) is 19.2 Å². The molecule has 1 spiro atoms. The molecule has 2 aliphatic heterocycles. The van der Waals surface area contributed by atoms with Crippen LogP contribution in [0, 0.1) is 16.7 Å². The number of nitrogens with zero attached hydrogens (tertiary/aromatic N) is 2. The number of oxime groups is 1. The molecule has 4 amide bonds. The van der Waals surface area contributed by atoms with E-state index >= 15 is 0 Å². The van der Waals surface area contributed by atoms with Crippen molar-refractivity contribution in [2.24, 2.45) is 21.9 Å². The third-order valence-electron chi connectivity index (χ3n) is 9.83. The average molecular weight is 702 g/mol. The molecule has 5 atom stereocenters. The Labute approximate surface area is 294 Å². The molecule has 1 saturated carbocycles. The molecule has 49 heavy (non-hydrogen) atoms. The molecule has 1 unspecified atom stereocenters. The number of methoxy groups -OCH3 is 1. The van der Waals surface area contributed by atoms with Gasteiger partial charge in [-0.15, -0.1) is 0 Å². The summed E-state index contributed by atoms with van der Waals surface area (Å²) in [4.78, 5) is 74.8. The van der Waals surface area contributed by atoms with Gasteiger partial charge in [0.25, 0.3) is 0 Å². The molecule has 1 saturated heterocycles. The highest BCUT2D eigenvalue weighted by atomic mass is 35.5. The summed E-state index contributed by atoms with van der Waals surface area (Å²) in [6.45, 7) is 12.9. The predicted molar refractivity (Wildman–Crippen MR) is 186 cm³/mol. The minimum absolute atomic E-state index is 0.00953. The summed E-state index contributed by atoms with van der Waals surface area (Å²) in [6.07, 6.45) is 3.64. The van der Waals surface area contributed by atoms with Crippen molar-refractivity contribution < 1.29 is 33.5 Å². The second-order valence-corrected chi connectivity index (χ2v) is 16.4. The van der Waals surface area contributed by atoms with Gasteiger partial charge in [0.1, 0.15) is 12.1 Å². The Balaban J connectivity index is 1.63. The van der Waals surface area contributed by atoms with E-state index in [0.717, 1.165) is 24.8 Å². The quantitative estimate of drug-likeness (QED) is 0.273. The number of urea groups is 1. The molecule has 4 rings (SSSR count). The van der Waals surface area contributed by atoms with E-state index in [1.54, 1.807) is 19.2 Å². The molecule has 0 aromatic heterocycles. The number of likely N-dealkylation sites (tertiary alicyclic amines) is 1. The molecular weight excluding hydrogens is 650 g/mol. The Morgan fingerprint density at radius 3 is 2.31 bits per heavy atom. The van der Waals surface area contributed by atoms with Gasteiger partial charge < -0.3 is 30.4 Å². The maximum atomic E-state index is 14.6. The zero-order chi connectivity index (χ0) is 36.3. The predicted octanol–water partition coefficient (Wildman–Crippen LogP) is 4.41. The van der Waals surface area contributed by atoms with E-state index in [4.69, 9.17) is 21.2 Å². The second kappa shape index (κ2) is 15.2. The van der Waals surface area contributed by atoms with Gasteiger partial charge in [0.05, 0.1) is 30.9 Å².